The monoisotopic (exact) mass is 192 g/mol. The number of Topliss-reactive ketones (excluding diaryl/α,β-unsaturated/α-hetero) is 1. The predicted octanol–water partition coefficient (Wildman–Crippen LogP) is 2.59. The topological polar surface area (TPSA) is 34.1 Å². The van der Waals surface area contributed by atoms with Crippen LogP contribution in [0.2, 0.25) is 0 Å². The quantitative estimate of drug-likeness (QED) is 0.644. The van der Waals surface area contributed by atoms with Gasteiger partial charge in [0.25, 0.3) is 0 Å². The Morgan fingerprint density at radius 3 is 2.36 bits per heavy atom. The van der Waals surface area contributed by atoms with E-state index in [4.69, 9.17) is 0 Å². The molecule has 0 aromatic heterocycles. The van der Waals surface area contributed by atoms with Crippen molar-refractivity contribution in [2.75, 3.05) is 0 Å². The first-order valence-corrected chi connectivity index (χ1v) is 5.05. The molecule has 2 nitrogen and oxygen atoms in total. The maximum absolute atomic E-state index is 11.7. The van der Waals surface area contributed by atoms with Gasteiger partial charge < -0.3 is 0 Å². The van der Waals surface area contributed by atoms with Crippen LogP contribution >= 0.6 is 0 Å². The summed E-state index contributed by atoms with van der Waals surface area (Å²) in [5, 5.41) is 0. The molecular weight excluding hydrogens is 176 g/mol. The number of carbonyl (C=O) groups excluding carboxylic acids is 2. The minimum Gasteiger partial charge on any atom is -0.290 e. The van der Waals surface area contributed by atoms with Crippen LogP contribution in [0.5, 0.6) is 0 Å². The average Bonchev–Trinajstić information content (AvgIpc) is 2.18. The molecule has 0 aromatic rings. The average molecular weight is 192 g/mol. The van der Waals surface area contributed by atoms with E-state index >= 15 is 0 Å². The fraction of sp³-hybridized carbons (Fsp3) is 0.500. The molecule has 0 bridgehead atoms. The number of hydrogen-bond acceptors (Lipinski definition) is 2. The molecule has 2 heteroatoms. The highest BCUT2D eigenvalue weighted by Crippen LogP contribution is 2.21. The van der Waals surface area contributed by atoms with Crippen molar-refractivity contribution < 1.29 is 9.59 Å². The highest BCUT2D eigenvalue weighted by atomic mass is 16.1. The Balaban J connectivity index is 2.86. The SMILES string of the molecule is CCCCC1=CC(=O)C(C)=C(C)C1=O. The van der Waals surface area contributed by atoms with Gasteiger partial charge in [-0.25, -0.2) is 0 Å². The van der Waals surface area contributed by atoms with Crippen molar-refractivity contribution in [3.8, 4) is 0 Å². The molecular formula is C12H16O2. The first kappa shape index (κ1) is 10.9. The van der Waals surface area contributed by atoms with E-state index in [0.717, 1.165) is 19.3 Å². The van der Waals surface area contributed by atoms with Gasteiger partial charge in [-0.05, 0) is 32.8 Å². The maximum Gasteiger partial charge on any atom is 0.185 e. The highest BCUT2D eigenvalue weighted by molar-refractivity contribution is 6.22. The van der Waals surface area contributed by atoms with Gasteiger partial charge in [0, 0.05) is 16.7 Å². The Morgan fingerprint density at radius 1 is 1.14 bits per heavy atom. The lowest BCUT2D eigenvalue weighted by atomic mass is 9.89. The molecule has 0 aliphatic heterocycles. The Bertz CT molecular complexity index is 332. The summed E-state index contributed by atoms with van der Waals surface area (Å²) in [6.45, 7) is 5.51. The zero-order valence-corrected chi connectivity index (χ0v) is 9.02. The minimum absolute atomic E-state index is 0.00629. The van der Waals surface area contributed by atoms with Gasteiger partial charge >= 0.3 is 0 Å². The van der Waals surface area contributed by atoms with Crippen LogP contribution in [0.3, 0.4) is 0 Å². The Hall–Kier alpha value is -1.18. The van der Waals surface area contributed by atoms with Crippen LogP contribution in [0.4, 0.5) is 0 Å². The number of rotatable bonds is 3. The lowest BCUT2D eigenvalue weighted by molar-refractivity contribution is -0.116. The molecule has 0 saturated carbocycles. The Labute approximate surface area is 84.7 Å². The van der Waals surface area contributed by atoms with Crippen molar-refractivity contribution in [2.24, 2.45) is 0 Å². The molecule has 0 N–H and O–H groups in total. The van der Waals surface area contributed by atoms with Crippen LogP contribution in [0, 0.1) is 0 Å². The zero-order chi connectivity index (χ0) is 10.7. The highest BCUT2D eigenvalue weighted by Gasteiger charge is 2.21. The van der Waals surface area contributed by atoms with Gasteiger partial charge in [0.1, 0.15) is 0 Å². The van der Waals surface area contributed by atoms with Gasteiger partial charge in [-0.3, -0.25) is 9.59 Å². The first-order valence-electron chi connectivity index (χ1n) is 5.05. The summed E-state index contributed by atoms with van der Waals surface area (Å²) in [6, 6.07) is 0. The van der Waals surface area contributed by atoms with Crippen molar-refractivity contribution >= 4 is 11.6 Å². The second-order valence-electron chi connectivity index (χ2n) is 3.72. The van der Waals surface area contributed by atoms with E-state index in [1.165, 1.54) is 6.08 Å². The predicted molar refractivity (Wildman–Crippen MR) is 56.0 cm³/mol. The Morgan fingerprint density at radius 2 is 1.79 bits per heavy atom. The molecule has 0 aromatic carbocycles. The van der Waals surface area contributed by atoms with Gasteiger partial charge in [-0.15, -0.1) is 0 Å². The Kier molecular flexibility index (Phi) is 3.39. The van der Waals surface area contributed by atoms with Crippen molar-refractivity contribution in [1.82, 2.24) is 0 Å². The number of unbranched alkanes of at least 4 members (excludes halogenated alkanes) is 1. The van der Waals surface area contributed by atoms with Crippen LogP contribution in [-0.4, -0.2) is 11.6 Å². The molecule has 0 radical (unpaired) electrons. The molecule has 14 heavy (non-hydrogen) atoms. The van der Waals surface area contributed by atoms with Crippen LogP contribution < -0.4 is 0 Å². The van der Waals surface area contributed by atoms with Crippen LogP contribution in [0.25, 0.3) is 0 Å². The summed E-state index contributed by atoms with van der Waals surface area (Å²) in [6.07, 6.45) is 4.24. The largest absolute Gasteiger partial charge is 0.290 e. The molecule has 0 unspecified atom stereocenters. The summed E-state index contributed by atoms with van der Waals surface area (Å²) in [7, 11) is 0. The summed E-state index contributed by atoms with van der Waals surface area (Å²) >= 11 is 0. The first-order chi connectivity index (χ1) is 6.57. The van der Waals surface area contributed by atoms with E-state index in [1.807, 2.05) is 0 Å². The van der Waals surface area contributed by atoms with Gasteiger partial charge in [0.15, 0.2) is 11.6 Å². The van der Waals surface area contributed by atoms with Crippen molar-refractivity contribution in [3.63, 3.8) is 0 Å². The van der Waals surface area contributed by atoms with Crippen LogP contribution in [-0.2, 0) is 9.59 Å². The van der Waals surface area contributed by atoms with Crippen molar-refractivity contribution in [2.45, 2.75) is 40.0 Å². The van der Waals surface area contributed by atoms with E-state index in [9.17, 15) is 9.59 Å². The van der Waals surface area contributed by atoms with Gasteiger partial charge in [0.2, 0.25) is 0 Å². The molecule has 0 amide bonds. The van der Waals surface area contributed by atoms with E-state index < -0.39 is 0 Å². The molecule has 0 atom stereocenters. The van der Waals surface area contributed by atoms with Crippen LogP contribution in [0.1, 0.15) is 40.0 Å². The van der Waals surface area contributed by atoms with Crippen molar-refractivity contribution in [1.29, 1.82) is 0 Å². The molecule has 1 rings (SSSR count). The lowest BCUT2D eigenvalue weighted by Crippen LogP contribution is -2.16. The van der Waals surface area contributed by atoms with Gasteiger partial charge in [-0.1, -0.05) is 13.3 Å². The normalized spacial score (nSPS) is 17.5. The maximum atomic E-state index is 11.7. The van der Waals surface area contributed by atoms with Gasteiger partial charge in [0.05, 0.1) is 0 Å². The van der Waals surface area contributed by atoms with Crippen LogP contribution in [0.15, 0.2) is 22.8 Å². The lowest BCUT2D eigenvalue weighted by Gasteiger charge is -2.13. The third kappa shape index (κ3) is 2.00. The minimum atomic E-state index is -0.00629. The second-order valence-corrected chi connectivity index (χ2v) is 3.72. The smallest absolute Gasteiger partial charge is 0.185 e. The standard InChI is InChI=1S/C12H16O2/c1-4-5-6-10-7-11(13)8(2)9(3)12(10)14/h7H,4-6H2,1-3H3. The second kappa shape index (κ2) is 4.36. The number of carbonyl (C=O) groups is 2. The van der Waals surface area contributed by atoms with Gasteiger partial charge in [-0.2, -0.15) is 0 Å². The van der Waals surface area contributed by atoms with E-state index in [1.54, 1.807) is 13.8 Å². The van der Waals surface area contributed by atoms with E-state index in [2.05, 4.69) is 6.92 Å². The van der Waals surface area contributed by atoms with E-state index in [0.29, 0.717) is 16.7 Å². The third-order valence-electron chi connectivity index (χ3n) is 2.67. The van der Waals surface area contributed by atoms with Crippen molar-refractivity contribution in [3.05, 3.63) is 22.8 Å². The summed E-state index contributed by atoms with van der Waals surface area (Å²) < 4.78 is 0. The number of hydrogen-bond donors (Lipinski definition) is 0. The summed E-state index contributed by atoms with van der Waals surface area (Å²) in [5.41, 5.74) is 1.89. The number of allylic oxidation sites excluding steroid dienone is 4. The molecule has 1 aliphatic rings. The molecule has 76 valence electrons. The number of ketones is 2. The van der Waals surface area contributed by atoms with E-state index in [-0.39, 0.29) is 11.6 Å². The molecule has 0 fully saturated rings. The summed E-state index contributed by atoms with van der Waals surface area (Å²) in [5.74, 6) is 0.0451. The third-order valence-corrected chi connectivity index (χ3v) is 2.67. The zero-order valence-electron chi connectivity index (χ0n) is 9.02. The molecule has 0 heterocycles. The fourth-order valence-corrected chi connectivity index (χ4v) is 1.48. The molecule has 0 saturated heterocycles. The molecule has 1 aliphatic carbocycles. The molecule has 0 spiro atoms. The fourth-order valence-electron chi connectivity index (χ4n) is 1.48. The summed E-state index contributed by atoms with van der Waals surface area (Å²) in [4.78, 5) is 23.1.